The molecule has 1 aliphatic heterocycles. The second kappa shape index (κ2) is 8.11. The van der Waals surface area contributed by atoms with Crippen molar-refractivity contribution in [3.63, 3.8) is 0 Å². The predicted octanol–water partition coefficient (Wildman–Crippen LogP) is 4.79. The molecule has 0 aromatic heterocycles. The van der Waals surface area contributed by atoms with Gasteiger partial charge in [-0.2, -0.15) is 0 Å². The molecule has 136 valence electrons. The van der Waals surface area contributed by atoms with E-state index in [0.29, 0.717) is 47.2 Å². The van der Waals surface area contributed by atoms with Gasteiger partial charge in [0.2, 0.25) is 5.91 Å². The highest BCUT2D eigenvalue weighted by Crippen LogP contribution is 2.25. The zero-order valence-electron chi connectivity index (χ0n) is 14.5. The lowest BCUT2D eigenvalue weighted by Gasteiger charge is -2.31. The van der Waals surface area contributed by atoms with Gasteiger partial charge in [0.15, 0.2) is 0 Å². The van der Waals surface area contributed by atoms with Crippen LogP contribution in [0.25, 0.3) is 0 Å². The van der Waals surface area contributed by atoms with Gasteiger partial charge in [0.1, 0.15) is 0 Å². The summed E-state index contributed by atoms with van der Waals surface area (Å²) in [5.74, 6) is -0.236. The third-order valence-electron chi connectivity index (χ3n) is 4.70. The number of benzene rings is 2. The Morgan fingerprint density at radius 2 is 1.73 bits per heavy atom. The number of nitrogens with one attached hydrogen (secondary N) is 1. The zero-order chi connectivity index (χ0) is 18.7. The van der Waals surface area contributed by atoms with E-state index in [2.05, 4.69) is 5.32 Å². The van der Waals surface area contributed by atoms with Crippen LogP contribution in [0.1, 0.15) is 28.8 Å². The van der Waals surface area contributed by atoms with Gasteiger partial charge in [-0.05, 0) is 49.6 Å². The van der Waals surface area contributed by atoms with Crippen molar-refractivity contribution in [2.75, 3.05) is 18.4 Å². The normalized spacial score (nSPS) is 15.0. The predicted molar refractivity (Wildman–Crippen MR) is 105 cm³/mol. The molecule has 0 spiro atoms. The third-order valence-corrected chi connectivity index (χ3v) is 5.43. The van der Waals surface area contributed by atoms with Gasteiger partial charge in [0.05, 0.1) is 10.6 Å². The van der Waals surface area contributed by atoms with E-state index >= 15 is 0 Å². The molecule has 3 rings (SSSR count). The molecule has 1 N–H and O–H groups in total. The minimum Gasteiger partial charge on any atom is -0.339 e. The molecule has 1 heterocycles. The summed E-state index contributed by atoms with van der Waals surface area (Å²) in [6, 6.07) is 12.5. The fourth-order valence-electron chi connectivity index (χ4n) is 3.06. The number of likely N-dealkylation sites (tertiary alicyclic amines) is 1. The molecule has 1 aliphatic rings. The number of rotatable bonds is 3. The molecular weight excluding hydrogens is 371 g/mol. The number of aryl methyl sites for hydroxylation is 1. The number of amides is 2. The Labute approximate surface area is 163 Å². The first-order valence-electron chi connectivity index (χ1n) is 8.56. The van der Waals surface area contributed by atoms with Gasteiger partial charge in [0.25, 0.3) is 5.91 Å². The lowest BCUT2D eigenvalue weighted by atomic mass is 9.95. The Hall–Kier alpha value is -2.04. The molecule has 2 aromatic rings. The quantitative estimate of drug-likeness (QED) is 0.818. The summed E-state index contributed by atoms with van der Waals surface area (Å²) in [6.45, 7) is 2.99. The van der Waals surface area contributed by atoms with Gasteiger partial charge < -0.3 is 10.2 Å². The van der Waals surface area contributed by atoms with Crippen molar-refractivity contribution in [3.05, 3.63) is 63.6 Å². The highest BCUT2D eigenvalue weighted by molar-refractivity contribution is 6.33. The largest absolute Gasteiger partial charge is 0.339 e. The molecule has 1 saturated heterocycles. The lowest BCUT2D eigenvalue weighted by Crippen LogP contribution is -2.41. The highest BCUT2D eigenvalue weighted by Gasteiger charge is 2.28. The second-order valence-corrected chi connectivity index (χ2v) is 7.31. The molecule has 0 unspecified atom stereocenters. The van der Waals surface area contributed by atoms with Crippen LogP contribution in [-0.4, -0.2) is 29.8 Å². The van der Waals surface area contributed by atoms with Crippen LogP contribution in [-0.2, 0) is 4.79 Å². The van der Waals surface area contributed by atoms with Gasteiger partial charge in [-0.25, -0.2) is 0 Å². The number of anilines is 1. The number of halogens is 2. The summed E-state index contributed by atoms with van der Waals surface area (Å²) in [7, 11) is 0. The molecule has 0 aliphatic carbocycles. The van der Waals surface area contributed by atoms with Gasteiger partial charge in [0, 0.05) is 29.7 Å². The molecule has 0 atom stereocenters. The fraction of sp³-hybridized carbons (Fsp3) is 0.300. The Balaban J connectivity index is 1.57. The molecule has 2 amide bonds. The summed E-state index contributed by atoms with van der Waals surface area (Å²) in [5, 5.41) is 4.00. The number of carbonyl (C=O) groups is 2. The molecule has 1 fully saturated rings. The van der Waals surface area contributed by atoms with E-state index < -0.39 is 0 Å². The van der Waals surface area contributed by atoms with Crippen molar-refractivity contribution < 1.29 is 9.59 Å². The van der Waals surface area contributed by atoms with E-state index in [-0.39, 0.29) is 17.7 Å². The molecule has 4 nitrogen and oxygen atoms in total. The Kier molecular flexibility index (Phi) is 5.84. The van der Waals surface area contributed by atoms with Crippen molar-refractivity contribution in [1.82, 2.24) is 4.90 Å². The van der Waals surface area contributed by atoms with Gasteiger partial charge in [-0.3, -0.25) is 9.59 Å². The van der Waals surface area contributed by atoms with E-state index in [1.807, 2.05) is 19.1 Å². The van der Waals surface area contributed by atoms with Gasteiger partial charge in [-0.1, -0.05) is 41.4 Å². The van der Waals surface area contributed by atoms with Crippen molar-refractivity contribution in [3.8, 4) is 0 Å². The van der Waals surface area contributed by atoms with Crippen molar-refractivity contribution >= 4 is 40.7 Å². The molecule has 26 heavy (non-hydrogen) atoms. The van der Waals surface area contributed by atoms with Crippen molar-refractivity contribution in [2.45, 2.75) is 19.8 Å². The Morgan fingerprint density at radius 1 is 1.04 bits per heavy atom. The summed E-state index contributed by atoms with van der Waals surface area (Å²) in [4.78, 5) is 26.8. The monoisotopic (exact) mass is 390 g/mol. The highest BCUT2D eigenvalue weighted by atomic mass is 35.5. The summed E-state index contributed by atoms with van der Waals surface area (Å²) >= 11 is 12.2. The first-order chi connectivity index (χ1) is 12.5. The second-order valence-electron chi connectivity index (χ2n) is 6.50. The fourth-order valence-corrected chi connectivity index (χ4v) is 3.46. The van der Waals surface area contributed by atoms with Crippen LogP contribution in [0, 0.1) is 12.8 Å². The first-order valence-corrected chi connectivity index (χ1v) is 9.32. The maximum absolute atomic E-state index is 12.6. The molecule has 0 bridgehead atoms. The number of carbonyl (C=O) groups excluding carboxylic acids is 2. The minimum atomic E-state index is -0.120. The van der Waals surface area contributed by atoms with Crippen LogP contribution in [0.5, 0.6) is 0 Å². The average molecular weight is 391 g/mol. The van der Waals surface area contributed by atoms with Gasteiger partial charge >= 0.3 is 0 Å². The summed E-state index contributed by atoms with van der Waals surface area (Å²) in [5.41, 5.74) is 2.17. The minimum absolute atomic E-state index is 0.0326. The van der Waals surface area contributed by atoms with E-state index in [1.54, 1.807) is 35.2 Å². The van der Waals surface area contributed by atoms with Crippen LogP contribution in [0.4, 0.5) is 5.69 Å². The molecule has 0 saturated carbocycles. The number of piperidine rings is 1. The van der Waals surface area contributed by atoms with Crippen LogP contribution in [0.3, 0.4) is 0 Å². The van der Waals surface area contributed by atoms with Crippen LogP contribution >= 0.6 is 23.2 Å². The van der Waals surface area contributed by atoms with E-state index in [9.17, 15) is 9.59 Å². The Bertz CT molecular complexity index is 830. The van der Waals surface area contributed by atoms with Crippen molar-refractivity contribution in [2.24, 2.45) is 5.92 Å². The summed E-state index contributed by atoms with van der Waals surface area (Å²) in [6.07, 6.45) is 1.25. The molecular formula is C20H20Cl2N2O2. The molecule has 2 aromatic carbocycles. The lowest BCUT2D eigenvalue weighted by molar-refractivity contribution is -0.121. The number of hydrogen-bond acceptors (Lipinski definition) is 2. The first kappa shape index (κ1) is 18.7. The van der Waals surface area contributed by atoms with Crippen LogP contribution < -0.4 is 5.32 Å². The third kappa shape index (κ3) is 4.19. The van der Waals surface area contributed by atoms with E-state index in [0.717, 1.165) is 5.56 Å². The number of nitrogens with zero attached hydrogens (tertiary/aromatic N) is 1. The maximum Gasteiger partial charge on any atom is 0.255 e. The van der Waals surface area contributed by atoms with Crippen LogP contribution in [0.15, 0.2) is 42.5 Å². The molecule has 0 radical (unpaired) electrons. The molecule has 6 heteroatoms. The summed E-state index contributed by atoms with van der Waals surface area (Å²) < 4.78 is 0. The van der Waals surface area contributed by atoms with Crippen molar-refractivity contribution in [1.29, 1.82) is 0 Å². The topological polar surface area (TPSA) is 49.4 Å². The Morgan fingerprint density at radius 3 is 2.38 bits per heavy atom. The van der Waals surface area contributed by atoms with Gasteiger partial charge in [-0.15, -0.1) is 0 Å². The smallest absolute Gasteiger partial charge is 0.255 e. The van der Waals surface area contributed by atoms with E-state index in [4.69, 9.17) is 23.2 Å². The SMILES string of the molecule is Cc1ccc(NC(=O)C2CCN(C(=O)c3ccccc3Cl)CC2)cc1Cl. The zero-order valence-corrected chi connectivity index (χ0v) is 16.0. The number of hydrogen-bond donors (Lipinski definition) is 1. The van der Waals surface area contributed by atoms with Crippen LogP contribution in [0.2, 0.25) is 10.0 Å². The average Bonchev–Trinajstić information content (AvgIpc) is 2.65. The van der Waals surface area contributed by atoms with E-state index in [1.165, 1.54) is 0 Å². The standard InChI is InChI=1S/C20H20Cl2N2O2/c1-13-6-7-15(12-18(13)22)23-19(25)14-8-10-24(11-9-14)20(26)16-4-2-3-5-17(16)21/h2-7,12,14H,8-11H2,1H3,(H,23,25). The maximum atomic E-state index is 12.6.